The quantitative estimate of drug-likeness (QED) is 0.617. The van der Waals surface area contributed by atoms with E-state index in [1.54, 1.807) is 6.92 Å². The Balaban J connectivity index is 2.64. The lowest BCUT2D eigenvalue weighted by Crippen LogP contribution is -2.54. The number of hydrogen-bond acceptors (Lipinski definition) is 4. The summed E-state index contributed by atoms with van der Waals surface area (Å²) in [7, 11) is 0. The van der Waals surface area contributed by atoms with Gasteiger partial charge in [0.25, 0.3) is 0 Å². The molecule has 0 saturated carbocycles. The SMILES string of the molecule is CC(C)C(=O)NC1CC(C(C)O)CN(CC(N)=O)C1. The van der Waals surface area contributed by atoms with Crippen LogP contribution >= 0.6 is 0 Å². The molecule has 0 aromatic rings. The van der Waals surface area contributed by atoms with Gasteiger partial charge in [0, 0.05) is 25.0 Å². The summed E-state index contributed by atoms with van der Waals surface area (Å²) in [5.74, 6) is -0.419. The number of piperidine rings is 1. The average molecular weight is 271 g/mol. The Morgan fingerprint density at radius 1 is 1.37 bits per heavy atom. The summed E-state index contributed by atoms with van der Waals surface area (Å²) in [6, 6.07) is -0.0393. The first-order chi connectivity index (χ1) is 8.79. The molecule has 6 heteroatoms. The van der Waals surface area contributed by atoms with E-state index in [2.05, 4.69) is 5.32 Å². The maximum atomic E-state index is 11.7. The van der Waals surface area contributed by atoms with Gasteiger partial charge in [-0.2, -0.15) is 0 Å². The molecule has 1 aliphatic rings. The minimum atomic E-state index is -0.464. The summed E-state index contributed by atoms with van der Waals surface area (Å²) < 4.78 is 0. The fourth-order valence-electron chi connectivity index (χ4n) is 2.40. The number of likely N-dealkylation sites (tertiary alicyclic amines) is 1. The molecule has 1 heterocycles. The third-order valence-corrected chi connectivity index (χ3v) is 3.49. The molecular formula is C13H25N3O3. The van der Waals surface area contributed by atoms with E-state index in [4.69, 9.17) is 5.73 Å². The number of amides is 2. The molecule has 19 heavy (non-hydrogen) atoms. The highest BCUT2D eigenvalue weighted by atomic mass is 16.3. The van der Waals surface area contributed by atoms with Gasteiger partial charge in [-0.1, -0.05) is 13.8 Å². The van der Waals surface area contributed by atoms with Crippen molar-refractivity contribution in [2.24, 2.45) is 17.6 Å². The molecule has 1 fully saturated rings. The van der Waals surface area contributed by atoms with Crippen molar-refractivity contribution in [2.75, 3.05) is 19.6 Å². The maximum Gasteiger partial charge on any atom is 0.231 e. The number of aliphatic hydroxyl groups is 1. The number of carbonyl (C=O) groups excluding carboxylic acids is 2. The van der Waals surface area contributed by atoms with Crippen LogP contribution in [0.2, 0.25) is 0 Å². The molecule has 0 aromatic heterocycles. The van der Waals surface area contributed by atoms with Gasteiger partial charge >= 0.3 is 0 Å². The molecule has 0 aliphatic carbocycles. The zero-order valence-electron chi connectivity index (χ0n) is 11.9. The minimum Gasteiger partial charge on any atom is -0.393 e. The fraction of sp³-hybridized carbons (Fsp3) is 0.846. The first-order valence-corrected chi connectivity index (χ1v) is 6.78. The van der Waals surface area contributed by atoms with Gasteiger partial charge in [0.15, 0.2) is 0 Å². The van der Waals surface area contributed by atoms with Crippen LogP contribution in [0.15, 0.2) is 0 Å². The van der Waals surface area contributed by atoms with E-state index in [1.807, 2.05) is 18.7 Å². The molecule has 0 aromatic carbocycles. The monoisotopic (exact) mass is 271 g/mol. The van der Waals surface area contributed by atoms with Crippen molar-refractivity contribution in [3.63, 3.8) is 0 Å². The van der Waals surface area contributed by atoms with Gasteiger partial charge in [0.05, 0.1) is 12.6 Å². The number of rotatable bonds is 5. The molecule has 110 valence electrons. The Morgan fingerprint density at radius 3 is 2.47 bits per heavy atom. The smallest absolute Gasteiger partial charge is 0.231 e. The van der Waals surface area contributed by atoms with Crippen LogP contribution in [0.1, 0.15) is 27.2 Å². The molecule has 4 N–H and O–H groups in total. The molecule has 2 amide bonds. The van der Waals surface area contributed by atoms with Gasteiger partial charge in [-0.3, -0.25) is 14.5 Å². The molecular weight excluding hydrogens is 246 g/mol. The molecule has 1 rings (SSSR count). The van der Waals surface area contributed by atoms with Crippen LogP contribution < -0.4 is 11.1 Å². The number of nitrogens with two attached hydrogens (primary N) is 1. The van der Waals surface area contributed by atoms with Crippen LogP contribution in [0.25, 0.3) is 0 Å². The molecule has 3 unspecified atom stereocenters. The van der Waals surface area contributed by atoms with Crippen LogP contribution in [-0.2, 0) is 9.59 Å². The highest BCUT2D eigenvalue weighted by molar-refractivity contribution is 5.78. The second-order valence-electron chi connectivity index (χ2n) is 5.76. The molecule has 0 bridgehead atoms. The fourth-order valence-corrected chi connectivity index (χ4v) is 2.40. The highest BCUT2D eigenvalue weighted by Gasteiger charge is 2.31. The summed E-state index contributed by atoms with van der Waals surface area (Å²) in [6.07, 6.45) is 0.264. The first kappa shape index (κ1) is 15.9. The predicted octanol–water partition coefficient (Wildman–Crippen LogP) is -0.685. The standard InChI is InChI=1S/C13H25N3O3/c1-8(2)13(19)15-11-4-10(9(3)17)5-16(6-11)7-12(14)18/h8-11,17H,4-7H2,1-3H3,(H2,14,18)(H,15,19). The van der Waals surface area contributed by atoms with E-state index in [1.165, 1.54) is 0 Å². The normalized spacial score (nSPS) is 26.2. The summed E-state index contributed by atoms with van der Waals surface area (Å²) in [5, 5.41) is 12.7. The van der Waals surface area contributed by atoms with Crippen molar-refractivity contribution in [3.05, 3.63) is 0 Å². The van der Waals surface area contributed by atoms with Crippen LogP contribution in [0.4, 0.5) is 0 Å². The van der Waals surface area contributed by atoms with Gasteiger partial charge in [-0.05, 0) is 19.3 Å². The minimum absolute atomic E-state index is 0.00438. The second-order valence-corrected chi connectivity index (χ2v) is 5.76. The van der Waals surface area contributed by atoms with Crippen LogP contribution in [0.3, 0.4) is 0 Å². The lowest BCUT2D eigenvalue weighted by molar-refractivity contribution is -0.125. The van der Waals surface area contributed by atoms with E-state index in [-0.39, 0.29) is 36.2 Å². The molecule has 6 nitrogen and oxygen atoms in total. The lowest BCUT2D eigenvalue weighted by atomic mass is 9.90. The molecule has 0 spiro atoms. The predicted molar refractivity (Wildman–Crippen MR) is 72.2 cm³/mol. The van der Waals surface area contributed by atoms with Crippen molar-refractivity contribution < 1.29 is 14.7 Å². The number of carbonyl (C=O) groups is 2. The molecule has 0 radical (unpaired) electrons. The Morgan fingerprint density at radius 2 is 2.00 bits per heavy atom. The summed E-state index contributed by atoms with van der Waals surface area (Å²) in [5.41, 5.74) is 5.21. The lowest BCUT2D eigenvalue weighted by Gasteiger charge is -2.38. The van der Waals surface area contributed by atoms with E-state index in [0.717, 1.165) is 6.42 Å². The van der Waals surface area contributed by atoms with Crippen molar-refractivity contribution in [1.82, 2.24) is 10.2 Å². The van der Waals surface area contributed by atoms with Gasteiger partial charge < -0.3 is 16.2 Å². The average Bonchev–Trinajstić information content (AvgIpc) is 2.27. The van der Waals surface area contributed by atoms with E-state index >= 15 is 0 Å². The van der Waals surface area contributed by atoms with E-state index in [0.29, 0.717) is 13.1 Å². The molecule has 3 atom stereocenters. The number of nitrogens with one attached hydrogen (secondary N) is 1. The Labute approximate surface area is 114 Å². The Hall–Kier alpha value is -1.14. The van der Waals surface area contributed by atoms with Crippen molar-refractivity contribution in [2.45, 2.75) is 39.3 Å². The second kappa shape index (κ2) is 6.86. The van der Waals surface area contributed by atoms with Crippen molar-refractivity contribution in [3.8, 4) is 0 Å². The van der Waals surface area contributed by atoms with Gasteiger partial charge in [0.2, 0.25) is 11.8 Å². The Bertz CT molecular complexity index is 331. The molecule has 1 aliphatic heterocycles. The van der Waals surface area contributed by atoms with Crippen LogP contribution in [-0.4, -0.2) is 53.6 Å². The number of hydrogen-bond donors (Lipinski definition) is 3. The summed E-state index contributed by atoms with van der Waals surface area (Å²) in [6.45, 7) is 6.81. The van der Waals surface area contributed by atoms with Gasteiger partial charge in [0.1, 0.15) is 0 Å². The van der Waals surface area contributed by atoms with Crippen molar-refractivity contribution in [1.29, 1.82) is 0 Å². The number of aliphatic hydroxyl groups excluding tert-OH is 1. The van der Waals surface area contributed by atoms with Gasteiger partial charge in [-0.25, -0.2) is 0 Å². The van der Waals surface area contributed by atoms with E-state index in [9.17, 15) is 14.7 Å². The zero-order chi connectivity index (χ0) is 14.6. The topological polar surface area (TPSA) is 95.7 Å². The highest BCUT2D eigenvalue weighted by Crippen LogP contribution is 2.20. The largest absolute Gasteiger partial charge is 0.393 e. The number of nitrogens with zero attached hydrogens (tertiary/aromatic N) is 1. The third kappa shape index (κ3) is 5.16. The van der Waals surface area contributed by atoms with Crippen LogP contribution in [0, 0.1) is 11.8 Å². The Kier molecular flexibility index (Phi) is 5.75. The van der Waals surface area contributed by atoms with E-state index < -0.39 is 6.10 Å². The number of primary amides is 1. The summed E-state index contributed by atoms with van der Waals surface area (Å²) >= 11 is 0. The summed E-state index contributed by atoms with van der Waals surface area (Å²) in [4.78, 5) is 24.6. The van der Waals surface area contributed by atoms with Crippen molar-refractivity contribution >= 4 is 11.8 Å². The third-order valence-electron chi connectivity index (χ3n) is 3.49. The zero-order valence-corrected chi connectivity index (χ0v) is 11.9. The molecule has 1 saturated heterocycles. The van der Waals surface area contributed by atoms with Gasteiger partial charge in [-0.15, -0.1) is 0 Å². The maximum absolute atomic E-state index is 11.7. The first-order valence-electron chi connectivity index (χ1n) is 6.78. The van der Waals surface area contributed by atoms with Crippen LogP contribution in [0.5, 0.6) is 0 Å².